The minimum absolute atomic E-state index is 0.189. The fraction of sp³-hybridized carbons (Fsp3) is 0.263. The van der Waals surface area contributed by atoms with Gasteiger partial charge in [0.25, 0.3) is 10.0 Å². The van der Waals surface area contributed by atoms with Gasteiger partial charge in [-0.05, 0) is 37.1 Å². The van der Waals surface area contributed by atoms with Crippen molar-refractivity contribution in [2.75, 3.05) is 17.9 Å². The quantitative estimate of drug-likeness (QED) is 0.670. The topological polar surface area (TPSA) is 139 Å². The molecule has 2 aromatic rings. The van der Waals surface area contributed by atoms with E-state index in [2.05, 4.69) is 4.72 Å². The normalized spacial score (nSPS) is 13.4. The number of rotatable bonds is 5. The highest BCUT2D eigenvalue weighted by molar-refractivity contribution is 7.92. The van der Waals surface area contributed by atoms with E-state index >= 15 is 0 Å². The first kappa shape index (κ1) is 20.5. The summed E-state index contributed by atoms with van der Waals surface area (Å²) in [4.78, 5) is 22.7. The Kier molecular flexibility index (Phi) is 5.38. The van der Waals surface area contributed by atoms with Crippen molar-refractivity contribution in [3.63, 3.8) is 0 Å². The number of aryl methyl sites for hydroxylation is 1. The minimum Gasteiger partial charge on any atom is -0.490 e. The fourth-order valence-electron chi connectivity index (χ4n) is 2.90. The van der Waals surface area contributed by atoms with Crippen LogP contribution in [0.25, 0.3) is 0 Å². The van der Waals surface area contributed by atoms with Gasteiger partial charge in [0, 0.05) is 18.6 Å². The molecule has 0 aliphatic carbocycles. The van der Waals surface area contributed by atoms with Crippen LogP contribution in [0, 0.1) is 13.8 Å². The summed E-state index contributed by atoms with van der Waals surface area (Å²) >= 11 is 0. The maximum absolute atomic E-state index is 13.0. The second kappa shape index (κ2) is 7.63. The lowest BCUT2D eigenvalue weighted by Gasteiger charge is -2.16. The molecule has 3 N–H and O–H groups in total. The van der Waals surface area contributed by atoms with E-state index in [4.69, 9.17) is 9.47 Å². The van der Waals surface area contributed by atoms with Crippen LogP contribution in [0.5, 0.6) is 11.5 Å². The lowest BCUT2D eigenvalue weighted by atomic mass is 10.1. The summed E-state index contributed by atoms with van der Waals surface area (Å²) in [5, 5.41) is 18.7. The van der Waals surface area contributed by atoms with Gasteiger partial charge in [-0.2, -0.15) is 0 Å². The smallest absolute Gasteiger partial charge is 0.337 e. The van der Waals surface area contributed by atoms with Crippen molar-refractivity contribution in [2.45, 2.75) is 25.2 Å². The van der Waals surface area contributed by atoms with Gasteiger partial charge in [0.1, 0.15) is 0 Å². The number of benzene rings is 2. The second-order valence-electron chi connectivity index (χ2n) is 6.53. The molecular weight excluding hydrogens is 402 g/mol. The Hall–Kier alpha value is -3.27. The highest BCUT2D eigenvalue weighted by Crippen LogP contribution is 2.36. The number of aromatic carboxylic acids is 2. The zero-order valence-electron chi connectivity index (χ0n) is 15.7. The molecule has 0 amide bonds. The molecule has 0 aromatic heterocycles. The molecule has 29 heavy (non-hydrogen) atoms. The van der Waals surface area contributed by atoms with E-state index < -0.39 is 22.0 Å². The van der Waals surface area contributed by atoms with Crippen molar-refractivity contribution in [3.05, 3.63) is 46.5 Å². The fourth-order valence-corrected chi connectivity index (χ4v) is 4.31. The van der Waals surface area contributed by atoms with Crippen LogP contribution in [0.15, 0.2) is 29.2 Å². The summed E-state index contributed by atoms with van der Waals surface area (Å²) in [7, 11) is -4.29. The molecule has 0 fully saturated rings. The summed E-state index contributed by atoms with van der Waals surface area (Å²) < 4.78 is 39.2. The van der Waals surface area contributed by atoms with Crippen LogP contribution in [0.2, 0.25) is 0 Å². The number of sulfonamides is 1. The summed E-state index contributed by atoms with van der Waals surface area (Å²) in [6.45, 7) is 3.82. The molecule has 0 unspecified atom stereocenters. The maximum Gasteiger partial charge on any atom is 0.337 e. The van der Waals surface area contributed by atoms with Crippen LogP contribution in [-0.4, -0.2) is 43.8 Å². The Morgan fingerprint density at radius 3 is 2.17 bits per heavy atom. The number of nitrogens with one attached hydrogen (secondary N) is 1. The Balaban J connectivity index is 2.11. The Bertz CT molecular complexity index is 1110. The largest absolute Gasteiger partial charge is 0.490 e. The van der Waals surface area contributed by atoms with Gasteiger partial charge in [-0.15, -0.1) is 0 Å². The monoisotopic (exact) mass is 421 g/mol. The van der Waals surface area contributed by atoms with E-state index in [0.717, 1.165) is 6.07 Å². The summed E-state index contributed by atoms with van der Waals surface area (Å²) in [5.74, 6) is -2.20. The summed E-state index contributed by atoms with van der Waals surface area (Å²) in [6, 6.07) is 4.86. The Morgan fingerprint density at radius 1 is 0.966 bits per heavy atom. The van der Waals surface area contributed by atoms with Crippen LogP contribution in [-0.2, 0) is 10.0 Å². The molecule has 1 aliphatic heterocycles. The van der Waals surface area contributed by atoms with Crippen molar-refractivity contribution in [1.82, 2.24) is 0 Å². The van der Waals surface area contributed by atoms with Crippen LogP contribution in [0.1, 0.15) is 38.3 Å². The third kappa shape index (κ3) is 4.11. The number of carboxylic acid groups (broad SMARTS) is 2. The average Bonchev–Trinajstić information content (AvgIpc) is 2.87. The summed E-state index contributed by atoms with van der Waals surface area (Å²) in [5.41, 5.74) is 0.114. The van der Waals surface area contributed by atoms with E-state index in [1.165, 1.54) is 18.2 Å². The lowest BCUT2D eigenvalue weighted by Crippen LogP contribution is -2.18. The van der Waals surface area contributed by atoms with Crippen LogP contribution < -0.4 is 14.2 Å². The molecular formula is C19H19NO8S. The van der Waals surface area contributed by atoms with Gasteiger partial charge in [-0.3, -0.25) is 4.72 Å². The van der Waals surface area contributed by atoms with Crippen molar-refractivity contribution < 1.29 is 37.7 Å². The molecule has 0 radical (unpaired) electrons. The van der Waals surface area contributed by atoms with Crippen molar-refractivity contribution in [2.24, 2.45) is 0 Å². The number of hydrogen-bond acceptors (Lipinski definition) is 6. The first-order valence-electron chi connectivity index (χ1n) is 8.64. The van der Waals surface area contributed by atoms with E-state index in [1.807, 2.05) is 0 Å². The first-order valence-corrected chi connectivity index (χ1v) is 10.1. The Morgan fingerprint density at radius 2 is 1.59 bits per heavy atom. The third-order valence-electron chi connectivity index (χ3n) is 4.52. The molecule has 9 nitrogen and oxygen atoms in total. The van der Waals surface area contributed by atoms with E-state index in [-0.39, 0.29) is 33.2 Å². The van der Waals surface area contributed by atoms with Gasteiger partial charge in [-0.1, -0.05) is 0 Å². The van der Waals surface area contributed by atoms with Gasteiger partial charge in [0.05, 0.1) is 34.9 Å². The van der Waals surface area contributed by atoms with Crippen LogP contribution in [0.4, 0.5) is 5.69 Å². The van der Waals surface area contributed by atoms with Gasteiger partial charge >= 0.3 is 11.9 Å². The molecule has 0 atom stereocenters. The molecule has 0 spiro atoms. The SMILES string of the molecule is Cc1cc(C(=O)O)cc(S(=O)(=O)Nc2cc3c(cc2C(=O)O)OCCCO3)c1C. The van der Waals surface area contributed by atoms with Gasteiger partial charge < -0.3 is 19.7 Å². The minimum atomic E-state index is -4.29. The molecule has 10 heteroatoms. The predicted molar refractivity (Wildman–Crippen MR) is 103 cm³/mol. The molecule has 1 heterocycles. The molecule has 0 saturated heterocycles. The van der Waals surface area contributed by atoms with Gasteiger partial charge in [0.15, 0.2) is 11.5 Å². The number of carboxylic acids is 2. The lowest BCUT2D eigenvalue weighted by molar-refractivity contribution is 0.0686. The number of ether oxygens (including phenoxy) is 2. The van der Waals surface area contributed by atoms with E-state index in [0.29, 0.717) is 30.8 Å². The average molecular weight is 421 g/mol. The molecule has 0 bridgehead atoms. The highest BCUT2D eigenvalue weighted by Gasteiger charge is 2.25. The van der Waals surface area contributed by atoms with Crippen molar-refractivity contribution in [3.8, 4) is 11.5 Å². The number of carbonyl (C=O) groups is 2. The zero-order valence-corrected chi connectivity index (χ0v) is 16.5. The standard InChI is InChI=1S/C19H19NO8S/c1-10-6-12(18(21)22)7-17(11(10)2)29(25,26)20-14-9-16-15(8-13(14)19(23)24)27-4-3-5-28-16/h6-9,20H,3-5H2,1-2H3,(H,21,22)(H,23,24). The Labute approximate surface area is 166 Å². The van der Waals surface area contributed by atoms with Gasteiger partial charge in [-0.25, -0.2) is 18.0 Å². The van der Waals surface area contributed by atoms with Crippen molar-refractivity contribution in [1.29, 1.82) is 0 Å². The molecule has 3 rings (SSSR count). The predicted octanol–water partition coefficient (Wildman–Crippen LogP) is 2.66. The van der Waals surface area contributed by atoms with Crippen LogP contribution >= 0.6 is 0 Å². The van der Waals surface area contributed by atoms with Crippen LogP contribution in [0.3, 0.4) is 0 Å². The molecule has 2 aromatic carbocycles. The summed E-state index contributed by atoms with van der Waals surface area (Å²) in [6.07, 6.45) is 0.596. The maximum atomic E-state index is 13.0. The van der Waals surface area contributed by atoms with E-state index in [1.54, 1.807) is 13.8 Å². The molecule has 0 saturated carbocycles. The molecule has 1 aliphatic rings. The van der Waals surface area contributed by atoms with E-state index in [9.17, 15) is 28.2 Å². The van der Waals surface area contributed by atoms with Gasteiger partial charge in [0.2, 0.25) is 0 Å². The molecule has 154 valence electrons. The number of anilines is 1. The second-order valence-corrected chi connectivity index (χ2v) is 8.18. The zero-order chi connectivity index (χ0) is 21.3. The third-order valence-corrected chi connectivity index (χ3v) is 6.01. The number of fused-ring (bicyclic) bond motifs is 1. The number of hydrogen-bond donors (Lipinski definition) is 3. The first-order chi connectivity index (χ1) is 13.6. The van der Waals surface area contributed by atoms with Crippen molar-refractivity contribution >= 4 is 27.6 Å². The highest BCUT2D eigenvalue weighted by atomic mass is 32.2.